The van der Waals surface area contributed by atoms with Gasteiger partial charge in [-0.25, -0.2) is 0 Å². The highest BCUT2D eigenvalue weighted by atomic mass is 16.5. The molecule has 53 heavy (non-hydrogen) atoms. The third-order valence-electron chi connectivity index (χ3n) is 10.9. The summed E-state index contributed by atoms with van der Waals surface area (Å²) in [5.74, 6) is -2.24. The van der Waals surface area contributed by atoms with Gasteiger partial charge in [0.25, 0.3) is 0 Å². The maximum atomic E-state index is 14.3. The van der Waals surface area contributed by atoms with Crippen LogP contribution in [0.25, 0.3) is 0 Å². The number of nitrogens with zero attached hydrogens (tertiary/aromatic N) is 2. The van der Waals surface area contributed by atoms with E-state index in [2.05, 4.69) is 16.0 Å². The molecule has 1 heterocycles. The van der Waals surface area contributed by atoms with Gasteiger partial charge in [0.05, 0.1) is 54.8 Å². The van der Waals surface area contributed by atoms with E-state index in [9.17, 15) is 24.0 Å². The molecule has 0 aromatic heterocycles. The highest BCUT2D eigenvalue weighted by molar-refractivity contribution is 6.01. The third-order valence-corrected chi connectivity index (χ3v) is 10.9. The van der Waals surface area contributed by atoms with Crippen molar-refractivity contribution in [2.75, 3.05) is 42.0 Å². The van der Waals surface area contributed by atoms with Crippen molar-refractivity contribution in [3.63, 3.8) is 0 Å². The molecular weight excluding hydrogens is 678 g/mol. The fraction of sp³-hybridized carbons (Fsp3) is 0.725. The molecule has 1 aliphatic rings. The average Bonchev–Trinajstić information content (AvgIpc) is 3.57. The van der Waals surface area contributed by atoms with Crippen LogP contribution in [0.1, 0.15) is 85.0 Å². The number of Topliss-reactive ketones (excluding diaryl/α,β-unsaturated/α-hetero) is 1. The number of likely N-dealkylation sites (tertiary alicyclic amines) is 1. The molecule has 0 saturated carbocycles. The van der Waals surface area contributed by atoms with Gasteiger partial charge in [-0.3, -0.25) is 24.0 Å². The summed E-state index contributed by atoms with van der Waals surface area (Å²) in [5.41, 5.74) is 0.500. The van der Waals surface area contributed by atoms with E-state index >= 15 is 0 Å². The molecule has 1 saturated heterocycles. The summed E-state index contributed by atoms with van der Waals surface area (Å²) in [6.07, 6.45) is -0.536. The number of benzene rings is 1. The second-order valence-electron chi connectivity index (χ2n) is 15.2. The molecule has 0 radical (unpaired) electrons. The van der Waals surface area contributed by atoms with E-state index in [0.717, 1.165) is 0 Å². The van der Waals surface area contributed by atoms with Gasteiger partial charge in [0.15, 0.2) is 5.78 Å². The summed E-state index contributed by atoms with van der Waals surface area (Å²) in [4.78, 5) is 71.5. The van der Waals surface area contributed by atoms with Crippen molar-refractivity contribution in [1.29, 1.82) is 0 Å². The second-order valence-corrected chi connectivity index (χ2v) is 15.2. The highest BCUT2D eigenvalue weighted by Crippen LogP contribution is 2.31. The van der Waals surface area contributed by atoms with Crippen molar-refractivity contribution >= 4 is 29.4 Å². The van der Waals surface area contributed by atoms with Crippen molar-refractivity contribution in [3.8, 4) is 0 Å². The number of hydrogen-bond acceptors (Lipinski definition) is 9. The van der Waals surface area contributed by atoms with Gasteiger partial charge in [0.2, 0.25) is 23.6 Å². The van der Waals surface area contributed by atoms with Crippen LogP contribution in [0.5, 0.6) is 0 Å². The molecule has 0 aliphatic carbocycles. The maximum absolute atomic E-state index is 14.3. The largest absolute Gasteiger partial charge is 0.380 e. The lowest BCUT2D eigenvalue weighted by Gasteiger charge is -2.41. The average molecular weight is 746 g/mol. The zero-order chi connectivity index (χ0) is 40.2. The van der Waals surface area contributed by atoms with Crippen LogP contribution in [0, 0.1) is 23.7 Å². The Balaban J connectivity index is 2.32. The summed E-state index contributed by atoms with van der Waals surface area (Å²) >= 11 is 0. The molecule has 13 heteroatoms. The molecule has 3 N–H and O–H groups in total. The normalized spacial score (nSPS) is 20.5. The first kappa shape index (κ1) is 45.8. The Morgan fingerprint density at radius 2 is 1.47 bits per heavy atom. The first-order chi connectivity index (χ1) is 25.0. The van der Waals surface area contributed by atoms with Crippen molar-refractivity contribution < 1.29 is 38.2 Å². The van der Waals surface area contributed by atoms with E-state index in [0.29, 0.717) is 24.9 Å². The molecule has 0 spiro atoms. The minimum Gasteiger partial charge on any atom is -0.380 e. The fourth-order valence-corrected chi connectivity index (χ4v) is 7.46. The summed E-state index contributed by atoms with van der Waals surface area (Å²) in [7, 11) is 8.07. The summed E-state index contributed by atoms with van der Waals surface area (Å²) in [6.45, 7) is 15.4. The van der Waals surface area contributed by atoms with E-state index < -0.39 is 48.3 Å². The molecule has 4 amide bonds. The minimum atomic E-state index is -0.784. The van der Waals surface area contributed by atoms with Crippen LogP contribution < -0.4 is 16.0 Å². The molecule has 13 nitrogen and oxygen atoms in total. The number of ether oxygens (including phenoxy) is 3. The first-order valence-electron chi connectivity index (χ1n) is 19.0. The van der Waals surface area contributed by atoms with E-state index in [-0.39, 0.29) is 59.7 Å². The number of hydrogen-bond donors (Lipinski definition) is 3. The van der Waals surface area contributed by atoms with Gasteiger partial charge in [-0.05, 0) is 38.1 Å². The molecule has 1 fully saturated rings. The Morgan fingerprint density at radius 1 is 0.868 bits per heavy atom. The van der Waals surface area contributed by atoms with E-state index in [4.69, 9.17) is 14.2 Å². The van der Waals surface area contributed by atoms with Crippen LogP contribution in [0.4, 0.5) is 0 Å². The lowest BCUT2D eigenvalue weighted by Crippen LogP contribution is -2.59. The van der Waals surface area contributed by atoms with Crippen LogP contribution in [0.3, 0.4) is 0 Å². The topological polar surface area (TPSA) is 156 Å². The van der Waals surface area contributed by atoms with Gasteiger partial charge in [-0.2, -0.15) is 0 Å². The Morgan fingerprint density at radius 3 is 1.96 bits per heavy atom. The number of rotatable bonds is 21. The van der Waals surface area contributed by atoms with Crippen LogP contribution in [-0.2, 0) is 33.4 Å². The molecule has 0 bridgehead atoms. The summed E-state index contributed by atoms with van der Waals surface area (Å²) in [6, 6.07) is 5.78. The monoisotopic (exact) mass is 745 g/mol. The standard InChI is InChI=1S/C40H67N5O8/c1-14-25(6)35(44(10)40(50)34(24(4)5)43-39(49)33(41-9)23(2)3)31(52-12)21-32(46)45-22-29(51-11)20-30(45)37(53-13)26(7)38(48)42-27(8)36(47)28-18-16-15-17-19-28/h15-19,23-27,29-31,33-35,37,41H,14,20-22H2,1-13H3,(H,42,48)(H,43,49)/t25?,26-,27-,29-,30-,31-,33+,34+,35+,37-/m1/s1. The Kier molecular flexibility index (Phi) is 18.6. The molecule has 10 atom stereocenters. The lowest BCUT2D eigenvalue weighted by molar-refractivity contribution is -0.148. The molecule has 1 aromatic carbocycles. The van der Waals surface area contributed by atoms with Crippen LogP contribution in [0.2, 0.25) is 0 Å². The Labute approximate surface area is 317 Å². The van der Waals surface area contributed by atoms with Crippen molar-refractivity contribution in [2.45, 2.75) is 123 Å². The van der Waals surface area contributed by atoms with E-state index in [1.165, 1.54) is 14.2 Å². The molecular formula is C40H67N5O8. The first-order valence-corrected chi connectivity index (χ1v) is 19.0. The van der Waals surface area contributed by atoms with E-state index in [1.807, 2.05) is 47.6 Å². The number of ketones is 1. The number of carbonyl (C=O) groups is 5. The Bertz CT molecular complexity index is 1340. The SMILES string of the molecule is CCC(C)[C@@H]([C@@H](CC(=O)N1C[C@H](OC)C[C@@H]1[C@H](OC)[C@@H](C)C(=O)N[C@H](C)C(=O)c1ccccc1)OC)N(C)C(=O)[C@@H](NC(=O)[C@@H](NC)C(C)C)C(C)C. The van der Waals surface area contributed by atoms with Crippen LogP contribution in [0.15, 0.2) is 30.3 Å². The molecule has 2 rings (SSSR count). The quantitative estimate of drug-likeness (QED) is 0.161. The maximum Gasteiger partial charge on any atom is 0.245 e. The number of methoxy groups -OCH3 is 3. The highest BCUT2D eigenvalue weighted by Gasteiger charge is 2.46. The molecule has 300 valence electrons. The predicted octanol–water partition coefficient (Wildman–Crippen LogP) is 3.30. The molecule has 1 unspecified atom stereocenters. The van der Waals surface area contributed by atoms with Crippen molar-refractivity contribution in [1.82, 2.24) is 25.8 Å². The zero-order valence-corrected chi connectivity index (χ0v) is 34.3. The van der Waals surface area contributed by atoms with Gasteiger partial charge in [0.1, 0.15) is 6.04 Å². The van der Waals surface area contributed by atoms with Gasteiger partial charge in [0, 0.05) is 40.5 Å². The number of nitrogens with one attached hydrogen (secondary N) is 3. The fourth-order valence-electron chi connectivity index (χ4n) is 7.46. The third kappa shape index (κ3) is 11.8. The van der Waals surface area contributed by atoms with Crippen LogP contribution >= 0.6 is 0 Å². The van der Waals surface area contributed by atoms with Crippen molar-refractivity contribution in [3.05, 3.63) is 35.9 Å². The van der Waals surface area contributed by atoms with Gasteiger partial charge in [-0.1, -0.05) is 85.2 Å². The summed E-state index contributed by atoms with van der Waals surface area (Å²) < 4.78 is 17.6. The molecule has 1 aromatic rings. The number of carbonyl (C=O) groups excluding carboxylic acids is 5. The van der Waals surface area contributed by atoms with Gasteiger partial charge < -0.3 is 40.0 Å². The Hall–Kier alpha value is -3.39. The van der Waals surface area contributed by atoms with Gasteiger partial charge >= 0.3 is 0 Å². The smallest absolute Gasteiger partial charge is 0.245 e. The van der Waals surface area contributed by atoms with Crippen LogP contribution in [-0.4, -0.2) is 130 Å². The lowest BCUT2D eigenvalue weighted by atomic mass is 9.89. The number of amides is 4. The zero-order valence-electron chi connectivity index (χ0n) is 34.3. The summed E-state index contributed by atoms with van der Waals surface area (Å²) in [5, 5.41) is 8.86. The van der Waals surface area contributed by atoms with Gasteiger partial charge in [-0.15, -0.1) is 0 Å². The predicted molar refractivity (Wildman–Crippen MR) is 205 cm³/mol. The minimum absolute atomic E-state index is 0.0204. The second kappa shape index (κ2) is 21.5. The number of likely N-dealkylation sites (N-methyl/N-ethyl adjacent to an activating group) is 2. The van der Waals surface area contributed by atoms with E-state index in [1.54, 1.807) is 69.1 Å². The molecule has 1 aliphatic heterocycles. The van der Waals surface area contributed by atoms with Crippen molar-refractivity contribution in [2.24, 2.45) is 23.7 Å².